The molecule has 0 aromatic heterocycles. The number of piperidine rings is 1. The molecule has 154 valence electrons. The predicted molar refractivity (Wildman–Crippen MR) is 108 cm³/mol. The van der Waals surface area contributed by atoms with E-state index in [0.29, 0.717) is 23.6 Å². The van der Waals surface area contributed by atoms with E-state index in [2.05, 4.69) is 22.2 Å². The van der Waals surface area contributed by atoms with Crippen molar-refractivity contribution in [2.75, 3.05) is 51.8 Å². The molecule has 0 unspecified atom stereocenters. The lowest BCUT2D eigenvalue weighted by Gasteiger charge is -2.37. The van der Waals surface area contributed by atoms with Gasteiger partial charge in [-0.25, -0.2) is 4.39 Å². The molecule has 5 nitrogen and oxygen atoms in total. The van der Waals surface area contributed by atoms with Crippen LogP contribution in [0.25, 0.3) is 0 Å². The first-order valence-corrected chi connectivity index (χ1v) is 10.7. The fourth-order valence-corrected chi connectivity index (χ4v) is 5.16. The molecule has 3 saturated heterocycles. The van der Waals surface area contributed by atoms with Crippen LogP contribution in [0.5, 0.6) is 0 Å². The second-order valence-electron chi connectivity index (χ2n) is 8.80. The molecular weight excluding hydrogens is 357 g/mol. The van der Waals surface area contributed by atoms with Gasteiger partial charge in [-0.15, -0.1) is 0 Å². The number of nitrogens with one attached hydrogen (secondary N) is 1. The molecule has 1 N–H and O–H groups in total. The lowest BCUT2D eigenvalue weighted by atomic mass is 9.86. The highest BCUT2D eigenvalue weighted by Gasteiger charge is 2.39. The van der Waals surface area contributed by atoms with E-state index in [-0.39, 0.29) is 17.6 Å². The van der Waals surface area contributed by atoms with Crippen molar-refractivity contribution in [1.29, 1.82) is 0 Å². The Kier molecular flexibility index (Phi) is 6.28. The lowest BCUT2D eigenvalue weighted by Crippen LogP contribution is -2.43. The third-order valence-corrected chi connectivity index (χ3v) is 6.80. The van der Waals surface area contributed by atoms with Gasteiger partial charge in [-0.05, 0) is 81.9 Å². The van der Waals surface area contributed by atoms with Gasteiger partial charge >= 0.3 is 0 Å². The quantitative estimate of drug-likeness (QED) is 0.841. The highest BCUT2D eigenvalue weighted by atomic mass is 19.1. The number of benzene rings is 1. The van der Waals surface area contributed by atoms with Gasteiger partial charge in [0.1, 0.15) is 5.82 Å². The minimum atomic E-state index is -0.287. The minimum absolute atomic E-state index is 0.00807. The SMILES string of the molecule is CN1C[C@H](C(=O)Nc2ccc(F)cc2)C[C@H]1C1CCN(C[C@H]2CCOC2)CC1. The van der Waals surface area contributed by atoms with Gasteiger partial charge in [-0.2, -0.15) is 0 Å². The zero-order chi connectivity index (χ0) is 19.5. The molecule has 1 aromatic rings. The van der Waals surface area contributed by atoms with Crippen molar-refractivity contribution in [2.24, 2.45) is 17.8 Å². The molecule has 1 aromatic carbocycles. The zero-order valence-electron chi connectivity index (χ0n) is 16.8. The van der Waals surface area contributed by atoms with E-state index >= 15 is 0 Å². The van der Waals surface area contributed by atoms with Gasteiger partial charge in [0.25, 0.3) is 0 Å². The number of hydrogen-bond acceptors (Lipinski definition) is 4. The number of anilines is 1. The van der Waals surface area contributed by atoms with Crippen molar-refractivity contribution in [2.45, 2.75) is 31.7 Å². The van der Waals surface area contributed by atoms with Crippen LogP contribution in [0.15, 0.2) is 24.3 Å². The summed E-state index contributed by atoms with van der Waals surface area (Å²) in [6.07, 6.45) is 4.56. The van der Waals surface area contributed by atoms with E-state index in [1.807, 2.05) is 0 Å². The largest absolute Gasteiger partial charge is 0.381 e. The molecule has 28 heavy (non-hydrogen) atoms. The number of hydrogen-bond donors (Lipinski definition) is 1. The van der Waals surface area contributed by atoms with E-state index < -0.39 is 0 Å². The lowest BCUT2D eigenvalue weighted by molar-refractivity contribution is -0.119. The van der Waals surface area contributed by atoms with Gasteiger partial charge in [-0.3, -0.25) is 4.79 Å². The Morgan fingerprint density at radius 3 is 2.64 bits per heavy atom. The van der Waals surface area contributed by atoms with Crippen LogP contribution in [0.4, 0.5) is 10.1 Å². The van der Waals surface area contributed by atoms with Crippen LogP contribution in [-0.4, -0.2) is 68.2 Å². The maximum atomic E-state index is 13.0. The molecule has 1 amide bonds. The third-order valence-electron chi connectivity index (χ3n) is 6.80. The molecule has 3 heterocycles. The molecule has 0 bridgehead atoms. The van der Waals surface area contributed by atoms with Crippen molar-refractivity contribution in [3.8, 4) is 0 Å². The van der Waals surface area contributed by atoms with E-state index in [1.54, 1.807) is 12.1 Å². The first-order chi connectivity index (χ1) is 13.6. The van der Waals surface area contributed by atoms with Gasteiger partial charge < -0.3 is 19.9 Å². The number of rotatable bonds is 5. The molecule has 3 atom stereocenters. The van der Waals surface area contributed by atoms with Gasteiger partial charge in [0.15, 0.2) is 0 Å². The van der Waals surface area contributed by atoms with Gasteiger partial charge in [-0.1, -0.05) is 0 Å². The molecule has 3 aliphatic rings. The smallest absolute Gasteiger partial charge is 0.228 e. The van der Waals surface area contributed by atoms with Crippen LogP contribution >= 0.6 is 0 Å². The second kappa shape index (κ2) is 8.89. The first-order valence-electron chi connectivity index (χ1n) is 10.7. The fraction of sp³-hybridized carbons (Fsp3) is 0.682. The number of ether oxygens (including phenoxy) is 1. The molecule has 0 aliphatic carbocycles. The summed E-state index contributed by atoms with van der Waals surface area (Å²) < 4.78 is 18.6. The molecule has 0 saturated carbocycles. The topological polar surface area (TPSA) is 44.8 Å². The van der Waals surface area contributed by atoms with Crippen molar-refractivity contribution in [1.82, 2.24) is 9.80 Å². The maximum Gasteiger partial charge on any atom is 0.228 e. The van der Waals surface area contributed by atoms with Crippen molar-refractivity contribution in [3.63, 3.8) is 0 Å². The zero-order valence-corrected chi connectivity index (χ0v) is 16.8. The van der Waals surface area contributed by atoms with Gasteiger partial charge in [0, 0.05) is 31.4 Å². The normalized spacial score (nSPS) is 30.0. The van der Waals surface area contributed by atoms with Crippen LogP contribution in [-0.2, 0) is 9.53 Å². The van der Waals surface area contributed by atoms with Crippen LogP contribution < -0.4 is 5.32 Å². The minimum Gasteiger partial charge on any atom is -0.381 e. The van der Waals surface area contributed by atoms with Crippen molar-refractivity contribution >= 4 is 11.6 Å². The third kappa shape index (κ3) is 4.73. The summed E-state index contributed by atoms with van der Waals surface area (Å²) in [5.74, 6) is 1.16. The molecular formula is C22H32FN3O2. The molecule has 3 aliphatic heterocycles. The Balaban J connectivity index is 1.25. The van der Waals surface area contributed by atoms with E-state index in [4.69, 9.17) is 4.74 Å². The van der Waals surface area contributed by atoms with E-state index in [1.165, 1.54) is 37.9 Å². The number of amides is 1. The highest BCUT2D eigenvalue weighted by Crippen LogP contribution is 2.33. The van der Waals surface area contributed by atoms with Crippen molar-refractivity contribution in [3.05, 3.63) is 30.1 Å². The molecule has 3 fully saturated rings. The molecule has 4 rings (SSSR count). The second-order valence-corrected chi connectivity index (χ2v) is 8.80. The van der Waals surface area contributed by atoms with Crippen LogP contribution in [0.3, 0.4) is 0 Å². The summed E-state index contributed by atoms with van der Waals surface area (Å²) >= 11 is 0. The Morgan fingerprint density at radius 2 is 1.96 bits per heavy atom. The average Bonchev–Trinajstić information content (AvgIpc) is 3.34. The van der Waals surface area contributed by atoms with Crippen molar-refractivity contribution < 1.29 is 13.9 Å². The molecule has 6 heteroatoms. The Hall–Kier alpha value is -1.50. The number of likely N-dealkylation sites (tertiary alicyclic amines) is 2. The Bertz CT molecular complexity index is 654. The molecule has 0 spiro atoms. The van der Waals surface area contributed by atoms with E-state index in [9.17, 15) is 9.18 Å². The summed E-state index contributed by atoms with van der Waals surface area (Å²) in [4.78, 5) is 17.6. The van der Waals surface area contributed by atoms with Gasteiger partial charge in [0.05, 0.1) is 12.5 Å². The van der Waals surface area contributed by atoms with Gasteiger partial charge in [0.2, 0.25) is 5.91 Å². The summed E-state index contributed by atoms with van der Waals surface area (Å²) in [6.45, 7) is 6.16. The number of nitrogens with zero attached hydrogens (tertiary/aromatic N) is 2. The van der Waals surface area contributed by atoms with Crippen LogP contribution in [0.1, 0.15) is 25.7 Å². The fourth-order valence-electron chi connectivity index (χ4n) is 5.16. The summed E-state index contributed by atoms with van der Waals surface area (Å²) in [7, 11) is 2.15. The van der Waals surface area contributed by atoms with Crippen LogP contribution in [0.2, 0.25) is 0 Å². The first kappa shape index (κ1) is 19.8. The summed E-state index contributed by atoms with van der Waals surface area (Å²) in [5, 5.41) is 2.95. The summed E-state index contributed by atoms with van der Waals surface area (Å²) in [6, 6.07) is 6.49. The monoisotopic (exact) mass is 389 g/mol. The number of carbonyl (C=O) groups excluding carboxylic acids is 1. The number of halogens is 1. The summed E-state index contributed by atoms with van der Waals surface area (Å²) in [5.41, 5.74) is 0.668. The average molecular weight is 390 g/mol. The van der Waals surface area contributed by atoms with Crippen LogP contribution in [0, 0.1) is 23.6 Å². The Morgan fingerprint density at radius 1 is 1.21 bits per heavy atom. The number of carbonyl (C=O) groups is 1. The Labute approximate surface area is 167 Å². The van der Waals surface area contributed by atoms with E-state index in [0.717, 1.165) is 39.3 Å². The highest BCUT2D eigenvalue weighted by molar-refractivity contribution is 5.92. The predicted octanol–water partition coefficient (Wildman–Crippen LogP) is 2.83. The standard InChI is InChI=1S/C22H32FN3O2/c1-25-14-18(22(27)24-20-4-2-19(23)3-5-20)12-21(25)17-6-9-26(10-7-17)13-16-8-11-28-15-16/h2-5,16-18,21H,6-15H2,1H3,(H,24,27)/t16-,18-,21+/m1/s1. The molecule has 0 radical (unpaired) electrons. The maximum absolute atomic E-state index is 13.0.